The van der Waals surface area contributed by atoms with Crippen LogP contribution in [0.2, 0.25) is 0 Å². The molecule has 0 bridgehead atoms. The van der Waals surface area contributed by atoms with E-state index in [1.54, 1.807) is 0 Å². The van der Waals surface area contributed by atoms with Crippen molar-refractivity contribution < 1.29 is 13.9 Å². The Hall–Kier alpha value is -2.58. The van der Waals surface area contributed by atoms with Gasteiger partial charge < -0.3 is 9.67 Å². The van der Waals surface area contributed by atoms with Crippen molar-refractivity contribution >= 4 is 33.8 Å². The molecule has 0 aliphatic rings. The van der Waals surface area contributed by atoms with Gasteiger partial charge in [0.25, 0.3) is 0 Å². The normalized spacial score (nSPS) is 12.7. The molecule has 1 atom stereocenters. The van der Waals surface area contributed by atoms with Gasteiger partial charge in [0.2, 0.25) is 5.16 Å². The first-order valence-electron chi connectivity index (χ1n) is 8.96. The van der Waals surface area contributed by atoms with Crippen molar-refractivity contribution in [2.75, 3.05) is 5.75 Å². The van der Waals surface area contributed by atoms with Crippen LogP contribution in [0.5, 0.6) is 0 Å². The molecule has 0 radical (unpaired) electrons. The van der Waals surface area contributed by atoms with Crippen LogP contribution in [0.15, 0.2) is 47.6 Å². The lowest BCUT2D eigenvalue weighted by atomic mass is 10.1. The van der Waals surface area contributed by atoms with Crippen LogP contribution >= 0.6 is 11.8 Å². The Morgan fingerprint density at radius 3 is 2.79 bits per heavy atom. The van der Waals surface area contributed by atoms with Crippen LogP contribution in [0.4, 0.5) is 8.78 Å². The van der Waals surface area contributed by atoms with E-state index in [0.717, 1.165) is 65.0 Å². The van der Waals surface area contributed by atoms with E-state index in [1.165, 1.54) is 0 Å². The molecule has 0 unspecified atom stereocenters. The maximum absolute atomic E-state index is 13.8. The molecule has 0 aliphatic carbocycles. The van der Waals surface area contributed by atoms with E-state index >= 15 is 0 Å². The molecule has 144 valence electrons. The van der Waals surface area contributed by atoms with Crippen molar-refractivity contribution in [1.29, 1.82) is 0 Å². The minimum atomic E-state index is -1.18. The highest BCUT2D eigenvalue weighted by Gasteiger charge is 2.17. The molecule has 0 saturated heterocycles. The summed E-state index contributed by atoms with van der Waals surface area (Å²) in [7, 11) is 0. The number of benzene rings is 2. The van der Waals surface area contributed by atoms with Crippen LogP contribution in [0, 0.1) is 11.6 Å². The molecule has 0 spiro atoms. The number of thioether (sulfide) groups is 1. The van der Waals surface area contributed by atoms with Gasteiger partial charge in [-0.3, -0.25) is 0 Å². The highest BCUT2D eigenvalue weighted by atomic mass is 32.2. The van der Waals surface area contributed by atoms with Gasteiger partial charge in [-0.15, -0.1) is 10.2 Å². The maximum Gasteiger partial charge on any atom is 0.211 e. The van der Waals surface area contributed by atoms with Crippen molar-refractivity contribution in [2.24, 2.45) is 0 Å². The van der Waals surface area contributed by atoms with E-state index in [-0.39, 0.29) is 11.3 Å². The molecular weight excluding hydrogens is 382 g/mol. The molecule has 2 aromatic heterocycles. The minimum Gasteiger partial charge on any atom is -0.387 e. The first kappa shape index (κ1) is 18.8. The zero-order valence-electron chi connectivity index (χ0n) is 15.1. The molecular formula is C20H18F2N4OS. The highest BCUT2D eigenvalue weighted by Crippen LogP contribution is 2.29. The largest absolute Gasteiger partial charge is 0.387 e. The number of aliphatic hydroxyl groups excluding tert-OH is 1. The molecule has 5 nitrogen and oxygen atoms in total. The number of aryl methyl sites for hydroxylation is 1. The monoisotopic (exact) mass is 400 g/mol. The quantitative estimate of drug-likeness (QED) is 0.483. The van der Waals surface area contributed by atoms with Crippen LogP contribution in [-0.2, 0) is 6.54 Å². The number of para-hydroxylation sites is 1. The standard InChI is InChI=1S/C20H18F2N4OS/c1-2-9-26-16-6-4-3-5-13(16)18-19(26)23-20(25-24-18)28-11-17(27)14-10-12(21)7-8-15(14)22/h3-8,10,17,27H,2,9,11H2,1H3/t17-/m0/s1. The lowest BCUT2D eigenvalue weighted by Gasteiger charge is -2.11. The Kier molecular flexibility index (Phi) is 5.23. The summed E-state index contributed by atoms with van der Waals surface area (Å²) in [5, 5.41) is 20.1. The number of halogens is 2. The number of aromatic nitrogens is 4. The fourth-order valence-electron chi connectivity index (χ4n) is 3.21. The summed E-state index contributed by atoms with van der Waals surface area (Å²) in [4.78, 5) is 4.61. The predicted molar refractivity (Wildman–Crippen MR) is 105 cm³/mol. The van der Waals surface area contributed by atoms with Crippen LogP contribution < -0.4 is 0 Å². The first-order valence-corrected chi connectivity index (χ1v) is 9.94. The Morgan fingerprint density at radius 2 is 1.96 bits per heavy atom. The van der Waals surface area contributed by atoms with E-state index in [0.29, 0.717) is 5.16 Å². The minimum absolute atomic E-state index is 0.0818. The van der Waals surface area contributed by atoms with E-state index < -0.39 is 17.7 Å². The van der Waals surface area contributed by atoms with Gasteiger partial charge in [0, 0.05) is 23.2 Å². The molecule has 2 heterocycles. The lowest BCUT2D eigenvalue weighted by Crippen LogP contribution is -2.05. The molecule has 0 fully saturated rings. The average Bonchev–Trinajstić information content (AvgIpc) is 3.02. The first-order chi connectivity index (χ1) is 13.6. The van der Waals surface area contributed by atoms with Crippen molar-refractivity contribution in [3.8, 4) is 0 Å². The van der Waals surface area contributed by atoms with Crippen molar-refractivity contribution in [3.63, 3.8) is 0 Å². The van der Waals surface area contributed by atoms with Gasteiger partial charge in [-0.05, 0) is 30.7 Å². The molecule has 4 rings (SSSR count). The van der Waals surface area contributed by atoms with E-state index in [2.05, 4.69) is 26.7 Å². The van der Waals surface area contributed by atoms with Gasteiger partial charge in [-0.2, -0.15) is 0 Å². The zero-order chi connectivity index (χ0) is 19.7. The third-order valence-corrected chi connectivity index (χ3v) is 5.40. The summed E-state index contributed by atoms with van der Waals surface area (Å²) in [6, 6.07) is 11.0. The molecule has 0 saturated carbocycles. The van der Waals surface area contributed by atoms with Crippen LogP contribution in [0.25, 0.3) is 22.1 Å². The van der Waals surface area contributed by atoms with Crippen LogP contribution in [0.1, 0.15) is 25.0 Å². The third kappa shape index (κ3) is 3.45. The predicted octanol–water partition coefficient (Wildman–Crippen LogP) is 4.49. The zero-order valence-corrected chi connectivity index (χ0v) is 16.0. The number of hydrogen-bond acceptors (Lipinski definition) is 5. The van der Waals surface area contributed by atoms with Crippen molar-refractivity contribution in [1.82, 2.24) is 19.7 Å². The highest BCUT2D eigenvalue weighted by molar-refractivity contribution is 7.99. The van der Waals surface area contributed by atoms with Gasteiger partial charge in [0.1, 0.15) is 17.2 Å². The molecule has 1 N–H and O–H groups in total. The molecule has 4 aromatic rings. The Morgan fingerprint density at radius 1 is 1.14 bits per heavy atom. The molecule has 28 heavy (non-hydrogen) atoms. The third-order valence-electron chi connectivity index (χ3n) is 4.49. The van der Waals surface area contributed by atoms with E-state index in [9.17, 15) is 13.9 Å². The summed E-state index contributed by atoms with van der Waals surface area (Å²) >= 11 is 1.15. The van der Waals surface area contributed by atoms with Gasteiger partial charge >= 0.3 is 0 Å². The molecule has 8 heteroatoms. The smallest absolute Gasteiger partial charge is 0.211 e. The lowest BCUT2D eigenvalue weighted by molar-refractivity contribution is 0.198. The SMILES string of the molecule is CCCn1c2ccccc2c2nnc(SC[C@H](O)c3cc(F)ccc3F)nc21. The summed E-state index contributed by atoms with van der Waals surface area (Å²) in [6.45, 7) is 2.89. The summed E-state index contributed by atoms with van der Waals surface area (Å²) in [5.41, 5.74) is 2.42. The topological polar surface area (TPSA) is 63.8 Å². The van der Waals surface area contributed by atoms with Crippen LogP contribution in [0.3, 0.4) is 0 Å². The second-order valence-corrected chi connectivity index (χ2v) is 7.42. The second kappa shape index (κ2) is 7.81. The van der Waals surface area contributed by atoms with Gasteiger partial charge in [0.15, 0.2) is 5.65 Å². The van der Waals surface area contributed by atoms with Crippen molar-refractivity contribution in [2.45, 2.75) is 31.1 Å². The number of fused-ring (bicyclic) bond motifs is 3. The van der Waals surface area contributed by atoms with Crippen LogP contribution in [-0.4, -0.2) is 30.6 Å². The number of nitrogens with zero attached hydrogens (tertiary/aromatic N) is 4. The Bertz CT molecular complexity index is 1150. The van der Waals surface area contributed by atoms with E-state index in [4.69, 9.17) is 0 Å². The second-order valence-electron chi connectivity index (χ2n) is 6.43. The van der Waals surface area contributed by atoms with Gasteiger partial charge in [-0.25, -0.2) is 13.8 Å². The van der Waals surface area contributed by atoms with Gasteiger partial charge in [0.05, 0.1) is 11.6 Å². The summed E-state index contributed by atoms with van der Waals surface area (Å²) in [6.07, 6.45) is -0.237. The van der Waals surface area contributed by atoms with Crippen molar-refractivity contribution in [3.05, 3.63) is 59.7 Å². The molecule has 0 aliphatic heterocycles. The van der Waals surface area contributed by atoms with Gasteiger partial charge in [-0.1, -0.05) is 36.9 Å². The van der Waals surface area contributed by atoms with E-state index in [1.807, 2.05) is 24.3 Å². The maximum atomic E-state index is 13.8. The summed E-state index contributed by atoms with van der Waals surface area (Å²) in [5.74, 6) is -1.15. The number of rotatable bonds is 6. The molecule has 2 aromatic carbocycles. The Labute approximate surface area is 164 Å². The average molecular weight is 400 g/mol. The fourth-order valence-corrected chi connectivity index (χ4v) is 3.95. The fraction of sp³-hybridized carbons (Fsp3) is 0.250. The number of aliphatic hydroxyl groups is 1. The molecule has 0 amide bonds. The summed E-state index contributed by atoms with van der Waals surface area (Å²) < 4.78 is 29.3. The Balaban J connectivity index is 1.63. The number of hydrogen-bond donors (Lipinski definition) is 1.